The smallest absolute Gasteiger partial charge is 0.247 e. The Morgan fingerprint density at radius 3 is 2.64 bits per heavy atom. The van der Waals surface area contributed by atoms with E-state index in [2.05, 4.69) is 21.8 Å². The lowest BCUT2D eigenvalue weighted by Gasteiger charge is -2.28. The quantitative estimate of drug-likeness (QED) is 0.836. The van der Waals surface area contributed by atoms with Crippen molar-refractivity contribution in [2.24, 2.45) is 0 Å². The Balaban J connectivity index is 0.000000181. The first kappa shape index (κ1) is 18.4. The molecular formula is C19H23FN4O. The maximum atomic E-state index is 12.9. The van der Waals surface area contributed by atoms with Crippen molar-refractivity contribution in [1.82, 2.24) is 4.98 Å². The Bertz CT molecular complexity index is 714. The lowest BCUT2D eigenvalue weighted by molar-refractivity contribution is -0.111. The van der Waals surface area contributed by atoms with Crippen molar-refractivity contribution in [3.63, 3.8) is 0 Å². The molecule has 1 aliphatic rings. The molecular weight excluding hydrogens is 319 g/mol. The lowest BCUT2D eigenvalue weighted by atomic mass is 10.1. The monoisotopic (exact) mass is 342 g/mol. The average molecular weight is 342 g/mol. The number of piperidine rings is 1. The number of amides is 1. The molecule has 2 heterocycles. The molecule has 0 bridgehead atoms. The predicted octanol–water partition coefficient (Wildman–Crippen LogP) is 3.60. The van der Waals surface area contributed by atoms with Gasteiger partial charge in [-0.05, 0) is 49.6 Å². The van der Waals surface area contributed by atoms with Gasteiger partial charge in [-0.1, -0.05) is 12.6 Å². The summed E-state index contributed by atoms with van der Waals surface area (Å²) in [6.45, 7) is 5.47. The molecule has 1 amide bonds. The van der Waals surface area contributed by atoms with Gasteiger partial charge in [0.1, 0.15) is 11.6 Å². The van der Waals surface area contributed by atoms with Crippen LogP contribution in [0, 0.1) is 5.82 Å². The summed E-state index contributed by atoms with van der Waals surface area (Å²) in [5.41, 5.74) is 7.03. The third-order valence-corrected chi connectivity index (χ3v) is 3.76. The number of halogens is 1. The zero-order chi connectivity index (χ0) is 18.1. The number of hydrogen-bond donors (Lipinski definition) is 2. The van der Waals surface area contributed by atoms with Crippen LogP contribution in [0.1, 0.15) is 19.3 Å². The van der Waals surface area contributed by atoms with Gasteiger partial charge in [0.15, 0.2) is 0 Å². The van der Waals surface area contributed by atoms with Crippen molar-refractivity contribution in [3.8, 4) is 0 Å². The van der Waals surface area contributed by atoms with Crippen LogP contribution in [0.3, 0.4) is 0 Å². The van der Waals surface area contributed by atoms with E-state index in [0.29, 0.717) is 11.5 Å². The maximum Gasteiger partial charge on any atom is 0.247 e. The summed E-state index contributed by atoms with van der Waals surface area (Å²) in [6, 6.07) is 10.1. The van der Waals surface area contributed by atoms with Crippen molar-refractivity contribution in [3.05, 3.63) is 61.1 Å². The van der Waals surface area contributed by atoms with Crippen LogP contribution in [0.5, 0.6) is 0 Å². The minimum absolute atomic E-state index is 0.136. The van der Waals surface area contributed by atoms with E-state index >= 15 is 0 Å². The molecule has 25 heavy (non-hydrogen) atoms. The number of aromatic nitrogens is 1. The highest BCUT2D eigenvalue weighted by molar-refractivity contribution is 5.98. The van der Waals surface area contributed by atoms with Crippen molar-refractivity contribution in [2.45, 2.75) is 19.3 Å². The maximum absolute atomic E-state index is 12.9. The Morgan fingerprint density at radius 2 is 2.00 bits per heavy atom. The summed E-state index contributed by atoms with van der Waals surface area (Å²) in [5, 5.41) is 2.56. The molecule has 132 valence electrons. The molecule has 1 saturated heterocycles. The van der Waals surface area contributed by atoms with Crippen LogP contribution in [-0.4, -0.2) is 24.0 Å². The van der Waals surface area contributed by atoms with Gasteiger partial charge in [0.2, 0.25) is 5.91 Å². The predicted molar refractivity (Wildman–Crippen MR) is 99.9 cm³/mol. The largest absolute Gasteiger partial charge is 0.384 e. The fourth-order valence-corrected chi connectivity index (χ4v) is 2.54. The van der Waals surface area contributed by atoms with Crippen molar-refractivity contribution in [2.75, 3.05) is 29.0 Å². The molecule has 3 rings (SSSR count). The fourth-order valence-electron chi connectivity index (χ4n) is 2.54. The van der Waals surface area contributed by atoms with Gasteiger partial charge in [-0.25, -0.2) is 9.37 Å². The van der Waals surface area contributed by atoms with E-state index in [1.165, 1.54) is 37.6 Å². The van der Waals surface area contributed by atoms with Gasteiger partial charge in [0.25, 0.3) is 0 Å². The van der Waals surface area contributed by atoms with Gasteiger partial charge in [-0.15, -0.1) is 0 Å². The summed E-state index contributed by atoms with van der Waals surface area (Å²) >= 11 is 0. The standard InChI is InChI=1S/C11H14FN.C8H9N3O/c12-10-5-4-6-11(9-10)13-7-2-1-3-8-13;1-2-8(12)11-6-3-4-10-7(9)5-6/h4-6,9H,1-3,7-8H2;2-5H,1H2,(H3,9,10,11,12). The highest BCUT2D eigenvalue weighted by Gasteiger charge is 2.10. The summed E-state index contributed by atoms with van der Waals surface area (Å²) in [5.74, 6) is -0.0273. The Labute approximate surface area is 147 Å². The topological polar surface area (TPSA) is 71.2 Å². The summed E-state index contributed by atoms with van der Waals surface area (Å²) in [7, 11) is 0. The minimum atomic E-state index is -0.263. The SMILES string of the molecule is C=CC(=O)Nc1ccnc(N)c1.Fc1cccc(N2CCCCC2)c1. The zero-order valence-corrected chi connectivity index (χ0v) is 14.1. The number of carbonyl (C=O) groups excluding carboxylic acids is 1. The molecule has 0 aliphatic carbocycles. The van der Waals surface area contributed by atoms with Gasteiger partial charge in [-0.3, -0.25) is 4.79 Å². The number of carbonyl (C=O) groups is 1. The first-order valence-corrected chi connectivity index (χ1v) is 8.24. The molecule has 5 nitrogen and oxygen atoms in total. The second kappa shape index (κ2) is 9.42. The highest BCUT2D eigenvalue weighted by Crippen LogP contribution is 2.20. The van der Waals surface area contributed by atoms with E-state index in [9.17, 15) is 9.18 Å². The number of pyridine rings is 1. The van der Waals surface area contributed by atoms with Crippen LogP contribution in [0.2, 0.25) is 0 Å². The highest BCUT2D eigenvalue weighted by atomic mass is 19.1. The van der Waals surface area contributed by atoms with Gasteiger partial charge in [0, 0.05) is 36.7 Å². The minimum Gasteiger partial charge on any atom is -0.384 e. The van der Waals surface area contributed by atoms with E-state index in [1.54, 1.807) is 24.3 Å². The number of rotatable bonds is 3. The van der Waals surface area contributed by atoms with Crippen LogP contribution < -0.4 is 16.0 Å². The van der Waals surface area contributed by atoms with Crippen LogP contribution in [0.4, 0.5) is 21.6 Å². The van der Waals surface area contributed by atoms with E-state index in [4.69, 9.17) is 5.73 Å². The van der Waals surface area contributed by atoms with E-state index < -0.39 is 0 Å². The number of anilines is 3. The van der Waals surface area contributed by atoms with Gasteiger partial charge in [0.05, 0.1) is 0 Å². The summed E-state index contributed by atoms with van der Waals surface area (Å²) < 4.78 is 12.9. The van der Waals surface area contributed by atoms with Gasteiger partial charge >= 0.3 is 0 Å². The second-order valence-corrected chi connectivity index (χ2v) is 5.69. The van der Waals surface area contributed by atoms with Crippen molar-refractivity contribution >= 4 is 23.1 Å². The third-order valence-electron chi connectivity index (χ3n) is 3.76. The number of nitrogens with zero attached hydrogens (tertiary/aromatic N) is 2. The van der Waals surface area contributed by atoms with E-state index in [1.807, 2.05) is 6.07 Å². The summed E-state index contributed by atoms with van der Waals surface area (Å²) in [4.78, 5) is 16.8. The number of benzene rings is 1. The molecule has 3 N–H and O–H groups in total. The van der Waals surface area contributed by atoms with Crippen molar-refractivity contribution < 1.29 is 9.18 Å². The fraction of sp³-hybridized carbons (Fsp3) is 0.263. The van der Waals surface area contributed by atoms with Crippen LogP contribution >= 0.6 is 0 Å². The molecule has 0 atom stereocenters. The molecule has 0 radical (unpaired) electrons. The first-order valence-electron chi connectivity index (χ1n) is 8.24. The third kappa shape index (κ3) is 6.25. The number of nitrogen functional groups attached to an aromatic ring is 1. The molecule has 0 spiro atoms. The molecule has 0 unspecified atom stereocenters. The molecule has 6 heteroatoms. The van der Waals surface area contributed by atoms with Crippen LogP contribution in [-0.2, 0) is 4.79 Å². The normalized spacial score (nSPS) is 13.4. The zero-order valence-electron chi connectivity index (χ0n) is 14.1. The molecule has 0 saturated carbocycles. The Kier molecular flexibility index (Phi) is 6.95. The van der Waals surface area contributed by atoms with Crippen LogP contribution in [0.15, 0.2) is 55.3 Å². The number of nitrogens with one attached hydrogen (secondary N) is 1. The van der Waals surface area contributed by atoms with E-state index in [-0.39, 0.29) is 11.7 Å². The first-order chi connectivity index (χ1) is 12.1. The molecule has 1 aromatic heterocycles. The van der Waals surface area contributed by atoms with Crippen molar-refractivity contribution in [1.29, 1.82) is 0 Å². The Morgan fingerprint density at radius 1 is 1.24 bits per heavy atom. The van der Waals surface area contributed by atoms with Gasteiger partial charge < -0.3 is 16.0 Å². The lowest BCUT2D eigenvalue weighted by Crippen LogP contribution is -2.29. The summed E-state index contributed by atoms with van der Waals surface area (Å²) in [6.07, 6.45) is 6.49. The number of nitrogens with two attached hydrogens (primary N) is 1. The molecule has 2 aromatic rings. The number of hydrogen-bond acceptors (Lipinski definition) is 4. The van der Waals surface area contributed by atoms with Crippen LogP contribution in [0.25, 0.3) is 0 Å². The molecule has 1 aliphatic heterocycles. The average Bonchev–Trinajstić information content (AvgIpc) is 2.63. The Hall–Kier alpha value is -2.89. The molecule has 1 fully saturated rings. The molecule has 1 aromatic carbocycles. The second-order valence-electron chi connectivity index (χ2n) is 5.69. The van der Waals surface area contributed by atoms with Gasteiger partial charge in [-0.2, -0.15) is 0 Å². The van der Waals surface area contributed by atoms with E-state index in [0.717, 1.165) is 18.8 Å².